The maximum absolute atomic E-state index is 11.0. The standard InChI is InChI=1S/C9H10O2/c1-4-8(10)9-7(3)6(2)5-11-9/h4-5H,1H2,2-3H3. The Labute approximate surface area is 65.5 Å². The Hall–Kier alpha value is -1.31. The highest BCUT2D eigenvalue weighted by molar-refractivity contribution is 6.03. The number of allylic oxidation sites excluding steroid dienone is 1. The fourth-order valence-corrected chi connectivity index (χ4v) is 0.839. The first kappa shape index (κ1) is 7.79. The van der Waals surface area contributed by atoms with Gasteiger partial charge < -0.3 is 4.42 Å². The summed E-state index contributed by atoms with van der Waals surface area (Å²) in [5.74, 6) is 0.244. The van der Waals surface area contributed by atoms with E-state index < -0.39 is 0 Å². The predicted octanol–water partition coefficient (Wildman–Crippen LogP) is 2.27. The molecular weight excluding hydrogens is 140 g/mol. The summed E-state index contributed by atoms with van der Waals surface area (Å²) in [6.45, 7) is 7.14. The number of aryl methyl sites for hydroxylation is 1. The zero-order valence-corrected chi connectivity index (χ0v) is 6.68. The minimum Gasteiger partial charge on any atom is -0.460 e. The van der Waals surface area contributed by atoms with Gasteiger partial charge in [-0.25, -0.2) is 0 Å². The van der Waals surface area contributed by atoms with E-state index in [-0.39, 0.29) is 5.78 Å². The third-order valence-electron chi connectivity index (χ3n) is 1.69. The summed E-state index contributed by atoms with van der Waals surface area (Å²) in [5.41, 5.74) is 1.89. The Balaban J connectivity index is 3.14. The van der Waals surface area contributed by atoms with Gasteiger partial charge in [-0.1, -0.05) is 6.58 Å². The Morgan fingerprint density at radius 2 is 2.27 bits per heavy atom. The lowest BCUT2D eigenvalue weighted by Gasteiger charge is -1.90. The fraction of sp³-hybridized carbons (Fsp3) is 0.222. The first-order valence-electron chi connectivity index (χ1n) is 3.38. The number of carbonyl (C=O) groups excluding carboxylic acids is 1. The van der Waals surface area contributed by atoms with Crippen LogP contribution in [-0.2, 0) is 0 Å². The zero-order chi connectivity index (χ0) is 8.43. The SMILES string of the molecule is C=CC(=O)c1occ(C)c1C. The van der Waals surface area contributed by atoms with Crippen molar-refractivity contribution in [3.8, 4) is 0 Å². The molecule has 11 heavy (non-hydrogen) atoms. The highest BCUT2D eigenvalue weighted by Crippen LogP contribution is 2.15. The van der Waals surface area contributed by atoms with E-state index in [0.717, 1.165) is 11.1 Å². The monoisotopic (exact) mass is 150 g/mol. The molecule has 0 aromatic carbocycles. The molecule has 0 aliphatic rings. The van der Waals surface area contributed by atoms with Gasteiger partial charge in [0.05, 0.1) is 6.26 Å². The molecule has 0 bridgehead atoms. The topological polar surface area (TPSA) is 30.2 Å². The normalized spacial score (nSPS) is 9.64. The summed E-state index contributed by atoms with van der Waals surface area (Å²) in [7, 11) is 0. The van der Waals surface area contributed by atoms with Crippen LogP contribution < -0.4 is 0 Å². The van der Waals surface area contributed by atoms with E-state index in [2.05, 4.69) is 6.58 Å². The average molecular weight is 150 g/mol. The van der Waals surface area contributed by atoms with Crippen LogP contribution in [0, 0.1) is 13.8 Å². The number of ketones is 1. The van der Waals surface area contributed by atoms with Gasteiger partial charge in [0.2, 0.25) is 5.78 Å². The van der Waals surface area contributed by atoms with E-state index in [1.807, 2.05) is 13.8 Å². The molecule has 1 aromatic rings. The summed E-state index contributed by atoms with van der Waals surface area (Å²) in [6, 6.07) is 0. The van der Waals surface area contributed by atoms with Crippen molar-refractivity contribution in [3.63, 3.8) is 0 Å². The Morgan fingerprint density at radius 3 is 2.64 bits per heavy atom. The molecule has 0 aliphatic carbocycles. The van der Waals surface area contributed by atoms with Crippen molar-refractivity contribution in [2.75, 3.05) is 0 Å². The molecule has 0 saturated carbocycles. The number of hydrogen-bond donors (Lipinski definition) is 0. The Bertz CT molecular complexity index is 295. The summed E-state index contributed by atoms with van der Waals surface area (Å²) in [6.07, 6.45) is 2.83. The number of furan rings is 1. The van der Waals surface area contributed by atoms with E-state index in [1.54, 1.807) is 6.26 Å². The van der Waals surface area contributed by atoms with E-state index in [1.165, 1.54) is 6.08 Å². The molecule has 0 N–H and O–H groups in total. The minimum atomic E-state index is -0.157. The molecule has 1 rings (SSSR count). The number of carbonyl (C=O) groups is 1. The van der Waals surface area contributed by atoms with Gasteiger partial charge in [-0.15, -0.1) is 0 Å². The van der Waals surface area contributed by atoms with Gasteiger partial charge in [-0.05, 0) is 25.5 Å². The van der Waals surface area contributed by atoms with Crippen molar-refractivity contribution in [1.29, 1.82) is 0 Å². The highest BCUT2D eigenvalue weighted by atomic mass is 16.3. The largest absolute Gasteiger partial charge is 0.460 e. The van der Waals surface area contributed by atoms with Gasteiger partial charge in [-0.2, -0.15) is 0 Å². The second kappa shape index (κ2) is 2.74. The van der Waals surface area contributed by atoms with Gasteiger partial charge >= 0.3 is 0 Å². The van der Waals surface area contributed by atoms with Crippen molar-refractivity contribution in [1.82, 2.24) is 0 Å². The minimum absolute atomic E-state index is 0.157. The lowest BCUT2D eigenvalue weighted by Crippen LogP contribution is -1.93. The molecule has 0 fully saturated rings. The molecule has 0 saturated heterocycles. The van der Waals surface area contributed by atoms with E-state index in [9.17, 15) is 4.79 Å². The molecule has 0 radical (unpaired) electrons. The smallest absolute Gasteiger partial charge is 0.220 e. The van der Waals surface area contributed by atoms with Gasteiger partial charge in [0, 0.05) is 5.56 Å². The van der Waals surface area contributed by atoms with E-state index in [0.29, 0.717) is 5.76 Å². The molecular formula is C9H10O2. The molecule has 0 aliphatic heterocycles. The van der Waals surface area contributed by atoms with Crippen molar-refractivity contribution >= 4 is 5.78 Å². The molecule has 1 heterocycles. The third kappa shape index (κ3) is 1.24. The summed E-state index contributed by atoms with van der Waals surface area (Å²) in [4.78, 5) is 11.0. The van der Waals surface area contributed by atoms with E-state index in [4.69, 9.17) is 4.42 Å². The van der Waals surface area contributed by atoms with Crippen molar-refractivity contribution in [3.05, 3.63) is 35.8 Å². The molecule has 0 atom stereocenters. The van der Waals surface area contributed by atoms with Gasteiger partial charge in [0.25, 0.3) is 0 Å². The molecule has 2 nitrogen and oxygen atoms in total. The quantitative estimate of drug-likeness (QED) is 0.478. The van der Waals surface area contributed by atoms with Gasteiger partial charge in [0.1, 0.15) is 0 Å². The summed E-state index contributed by atoms with van der Waals surface area (Å²) >= 11 is 0. The number of hydrogen-bond acceptors (Lipinski definition) is 2. The second-order valence-corrected chi connectivity index (χ2v) is 2.44. The lowest BCUT2D eigenvalue weighted by atomic mass is 10.1. The van der Waals surface area contributed by atoms with Crippen LogP contribution in [0.1, 0.15) is 21.7 Å². The van der Waals surface area contributed by atoms with Crippen molar-refractivity contribution in [2.45, 2.75) is 13.8 Å². The zero-order valence-electron chi connectivity index (χ0n) is 6.68. The van der Waals surface area contributed by atoms with Crippen LogP contribution in [0.15, 0.2) is 23.3 Å². The van der Waals surface area contributed by atoms with Crippen LogP contribution in [0.5, 0.6) is 0 Å². The first-order valence-corrected chi connectivity index (χ1v) is 3.38. The maximum atomic E-state index is 11.0. The molecule has 2 heteroatoms. The Kier molecular flexibility index (Phi) is 1.94. The first-order chi connectivity index (χ1) is 5.16. The summed E-state index contributed by atoms with van der Waals surface area (Å²) < 4.78 is 5.03. The van der Waals surface area contributed by atoms with Crippen molar-refractivity contribution in [2.24, 2.45) is 0 Å². The van der Waals surface area contributed by atoms with Crippen LogP contribution in [-0.4, -0.2) is 5.78 Å². The number of rotatable bonds is 2. The molecule has 0 unspecified atom stereocenters. The maximum Gasteiger partial charge on any atom is 0.220 e. The molecule has 0 spiro atoms. The summed E-state index contributed by atoms with van der Waals surface area (Å²) in [5, 5.41) is 0. The van der Waals surface area contributed by atoms with Crippen LogP contribution in [0.3, 0.4) is 0 Å². The molecule has 0 amide bonds. The second-order valence-electron chi connectivity index (χ2n) is 2.44. The Morgan fingerprint density at radius 1 is 1.64 bits per heavy atom. The van der Waals surface area contributed by atoms with Gasteiger partial charge in [-0.3, -0.25) is 4.79 Å². The lowest BCUT2D eigenvalue weighted by molar-refractivity contribution is 0.102. The van der Waals surface area contributed by atoms with Crippen molar-refractivity contribution < 1.29 is 9.21 Å². The van der Waals surface area contributed by atoms with E-state index >= 15 is 0 Å². The van der Waals surface area contributed by atoms with Gasteiger partial charge in [0.15, 0.2) is 5.76 Å². The third-order valence-corrected chi connectivity index (χ3v) is 1.69. The highest BCUT2D eigenvalue weighted by Gasteiger charge is 2.10. The van der Waals surface area contributed by atoms with Crippen LogP contribution in [0.4, 0.5) is 0 Å². The molecule has 1 aromatic heterocycles. The van der Waals surface area contributed by atoms with Crippen LogP contribution in [0.2, 0.25) is 0 Å². The van der Waals surface area contributed by atoms with Crippen LogP contribution >= 0.6 is 0 Å². The fourth-order valence-electron chi connectivity index (χ4n) is 0.839. The van der Waals surface area contributed by atoms with Crippen LogP contribution in [0.25, 0.3) is 0 Å². The average Bonchev–Trinajstić information content (AvgIpc) is 2.32. The molecule has 58 valence electrons. The predicted molar refractivity (Wildman–Crippen MR) is 42.7 cm³/mol.